The van der Waals surface area contributed by atoms with E-state index in [1.165, 1.54) is 11.8 Å². The van der Waals surface area contributed by atoms with Crippen LogP contribution in [0.15, 0.2) is 0 Å². The van der Waals surface area contributed by atoms with E-state index in [1.807, 2.05) is 13.8 Å². The van der Waals surface area contributed by atoms with Crippen molar-refractivity contribution in [3.63, 3.8) is 0 Å². The van der Waals surface area contributed by atoms with Crippen LogP contribution in [0.25, 0.3) is 0 Å². The summed E-state index contributed by atoms with van der Waals surface area (Å²) in [5.74, 6) is -4.94. The zero-order valence-electron chi connectivity index (χ0n) is 29.7. The van der Waals surface area contributed by atoms with Gasteiger partial charge in [0.15, 0.2) is 0 Å². The summed E-state index contributed by atoms with van der Waals surface area (Å²) in [7, 11) is 1.55. The van der Waals surface area contributed by atoms with Crippen molar-refractivity contribution in [1.82, 2.24) is 26.2 Å². The average molecular weight is 681 g/mol. The Balaban J connectivity index is 2.56. The molecule has 0 aromatic rings. The lowest BCUT2D eigenvalue weighted by Gasteiger charge is -2.36. The Kier molecular flexibility index (Phi) is 17.3. The van der Waals surface area contributed by atoms with Crippen molar-refractivity contribution in [3.8, 4) is 0 Å². The highest BCUT2D eigenvalue weighted by atomic mass is 16.5. The minimum absolute atomic E-state index is 0.0216. The molecule has 0 spiro atoms. The van der Waals surface area contributed by atoms with Crippen LogP contribution >= 0.6 is 0 Å². The molecule has 48 heavy (non-hydrogen) atoms. The van der Waals surface area contributed by atoms with Crippen LogP contribution in [0.5, 0.6) is 0 Å². The van der Waals surface area contributed by atoms with Crippen molar-refractivity contribution in [1.29, 1.82) is 0 Å². The van der Waals surface area contributed by atoms with Crippen LogP contribution in [0.4, 0.5) is 0 Å². The molecule has 14 nitrogen and oxygen atoms in total. The number of rotatable bonds is 10. The van der Waals surface area contributed by atoms with Gasteiger partial charge in [0.25, 0.3) is 0 Å². The van der Waals surface area contributed by atoms with Crippen LogP contribution in [0.1, 0.15) is 105 Å². The first kappa shape index (κ1) is 40.9. The van der Waals surface area contributed by atoms with E-state index in [4.69, 9.17) is 10.5 Å². The third-order valence-corrected chi connectivity index (χ3v) is 9.42. The second-order valence-corrected chi connectivity index (χ2v) is 13.9. The highest BCUT2D eigenvalue weighted by Crippen LogP contribution is 2.28. The number of amides is 5. The number of ether oxygens (including phenoxy) is 1. The predicted octanol–water partition coefficient (Wildman–Crippen LogP) is 0.882. The maximum absolute atomic E-state index is 14.0. The van der Waals surface area contributed by atoms with Crippen molar-refractivity contribution < 1.29 is 38.6 Å². The van der Waals surface area contributed by atoms with E-state index in [-0.39, 0.29) is 18.4 Å². The Morgan fingerprint density at radius 2 is 1.56 bits per heavy atom. The van der Waals surface area contributed by atoms with Crippen LogP contribution in [-0.4, -0.2) is 102 Å². The molecule has 1 saturated heterocycles. The first-order valence-electron chi connectivity index (χ1n) is 17.7. The van der Waals surface area contributed by atoms with E-state index in [0.717, 1.165) is 38.5 Å². The third kappa shape index (κ3) is 12.3. The molecule has 1 aliphatic carbocycles. The Morgan fingerprint density at radius 3 is 2.15 bits per heavy atom. The van der Waals surface area contributed by atoms with Gasteiger partial charge >= 0.3 is 5.97 Å². The van der Waals surface area contributed by atoms with Crippen LogP contribution in [0.2, 0.25) is 0 Å². The van der Waals surface area contributed by atoms with E-state index in [0.29, 0.717) is 32.1 Å². The van der Waals surface area contributed by atoms with Crippen LogP contribution in [-0.2, 0) is 33.5 Å². The van der Waals surface area contributed by atoms with Crippen LogP contribution < -0.4 is 27.0 Å². The molecule has 0 bridgehead atoms. The summed E-state index contributed by atoms with van der Waals surface area (Å²) >= 11 is 0. The van der Waals surface area contributed by atoms with Gasteiger partial charge in [-0.25, -0.2) is 0 Å². The highest BCUT2D eigenvalue weighted by Gasteiger charge is 2.39. The normalized spacial score (nSPS) is 28.7. The number of nitrogens with zero attached hydrogens (tertiary/aromatic N) is 1. The van der Waals surface area contributed by atoms with Gasteiger partial charge in [0.05, 0.1) is 12.0 Å². The zero-order valence-corrected chi connectivity index (χ0v) is 29.7. The first-order chi connectivity index (χ1) is 22.7. The van der Waals surface area contributed by atoms with Gasteiger partial charge in [0.1, 0.15) is 36.8 Å². The number of aliphatic hydroxyl groups excluding tert-OH is 1. The number of hydrogen-bond donors (Lipinski definition) is 6. The number of carbonyl (C=O) groups is 6. The lowest BCUT2D eigenvalue weighted by atomic mass is 9.83. The minimum Gasteiger partial charge on any atom is -0.460 e. The van der Waals surface area contributed by atoms with Gasteiger partial charge in [0, 0.05) is 13.6 Å². The van der Waals surface area contributed by atoms with E-state index in [1.54, 1.807) is 14.0 Å². The SMILES string of the molecule is CCCCCC[C@H]1OC(=O)CNC(=O)[C@H]([C@H](C)O)NC(=O)[C@H](CN)NC(=O)[C@H](C2CCCCC2)NC(=O)[C@H](CC(C)C)N(C)C(=O)[C@@H]1C. The smallest absolute Gasteiger partial charge is 0.325 e. The number of likely N-dealkylation sites (N-methyl/N-ethyl adjacent to an activating group) is 1. The lowest BCUT2D eigenvalue weighted by molar-refractivity contribution is -0.157. The fourth-order valence-corrected chi connectivity index (χ4v) is 6.45. The molecular weight excluding hydrogens is 620 g/mol. The van der Waals surface area contributed by atoms with Gasteiger partial charge in [-0.15, -0.1) is 0 Å². The maximum Gasteiger partial charge on any atom is 0.325 e. The van der Waals surface area contributed by atoms with Gasteiger partial charge < -0.3 is 41.7 Å². The van der Waals surface area contributed by atoms with E-state index in [9.17, 15) is 33.9 Å². The number of esters is 1. The number of unbranched alkanes of at least 4 members (excludes halogenated alkanes) is 3. The topological polar surface area (TPSA) is 209 Å². The van der Waals surface area contributed by atoms with Gasteiger partial charge in [0.2, 0.25) is 29.5 Å². The molecule has 0 aromatic heterocycles. The summed E-state index contributed by atoms with van der Waals surface area (Å²) in [4.78, 5) is 82.5. The molecule has 2 aliphatic rings. The summed E-state index contributed by atoms with van der Waals surface area (Å²) in [6.07, 6.45) is 6.21. The van der Waals surface area contributed by atoms with Crippen molar-refractivity contribution in [2.24, 2.45) is 23.5 Å². The number of cyclic esters (lactones) is 1. The summed E-state index contributed by atoms with van der Waals surface area (Å²) in [5, 5.41) is 20.7. The molecule has 7 atom stereocenters. The van der Waals surface area contributed by atoms with E-state index < -0.39 is 84.3 Å². The molecule has 2 fully saturated rings. The molecule has 1 saturated carbocycles. The monoisotopic (exact) mass is 680 g/mol. The fraction of sp³-hybridized carbons (Fsp3) is 0.824. The molecule has 1 heterocycles. The first-order valence-corrected chi connectivity index (χ1v) is 17.7. The fourth-order valence-electron chi connectivity index (χ4n) is 6.45. The molecule has 14 heteroatoms. The standard InChI is InChI=1S/C34H60N6O8/c1-7-8-9-13-16-26-21(4)34(47)40(6)25(17-20(2)3)31(44)39-29(23-14-11-10-12-15-23)33(46)37-24(18-35)30(43)38-28(22(5)41)32(45)36-19-27(42)48-26/h20-26,28-29,41H,7-19,35H2,1-6H3,(H,36,45)(H,37,46)(H,38,43)(H,39,44)/t21-,22+,24+,25+,26-,28+,29+/m1/s1. The summed E-state index contributed by atoms with van der Waals surface area (Å²) < 4.78 is 5.76. The molecule has 0 aromatic carbocycles. The van der Waals surface area contributed by atoms with E-state index in [2.05, 4.69) is 28.2 Å². The van der Waals surface area contributed by atoms with Gasteiger partial charge in [-0.2, -0.15) is 0 Å². The molecule has 2 rings (SSSR count). The van der Waals surface area contributed by atoms with Crippen LogP contribution in [0.3, 0.4) is 0 Å². The largest absolute Gasteiger partial charge is 0.460 e. The maximum atomic E-state index is 14.0. The van der Waals surface area contributed by atoms with Gasteiger partial charge in [-0.05, 0) is 50.9 Å². The number of hydrogen-bond acceptors (Lipinski definition) is 9. The predicted molar refractivity (Wildman–Crippen MR) is 180 cm³/mol. The van der Waals surface area contributed by atoms with E-state index >= 15 is 0 Å². The lowest BCUT2D eigenvalue weighted by Crippen LogP contribution is -2.62. The minimum atomic E-state index is -1.47. The Hall–Kier alpha value is -3.26. The summed E-state index contributed by atoms with van der Waals surface area (Å²) in [6.45, 7) is 8.01. The number of carbonyl (C=O) groups excluding carboxylic acids is 6. The summed E-state index contributed by atoms with van der Waals surface area (Å²) in [5.41, 5.74) is 5.88. The van der Waals surface area contributed by atoms with Gasteiger partial charge in [-0.1, -0.05) is 66.2 Å². The van der Waals surface area contributed by atoms with Crippen molar-refractivity contribution in [2.45, 2.75) is 142 Å². The highest BCUT2D eigenvalue weighted by molar-refractivity contribution is 5.96. The molecular formula is C34H60N6O8. The number of nitrogens with two attached hydrogens (primary N) is 1. The zero-order chi connectivity index (χ0) is 36.0. The van der Waals surface area contributed by atoms with Gasteiger partial charge in [-0.3, -0.25) is 28.8 Å². The molecule has 0 unspecified atom stereocenters. The number of nitrogens with one attached hydrogen (secondary N) is 4. The number of aliphatic hydroxyl groups is 1. The summed E-state index contributed by atoms with van der Waals surface area (Å²) in [6, 6.07) is -4.67. The Bertz CT molecular complexity index is 1100. The Labute approximate surface area is 285 Å². The molecule has 5 amide bonds. The average Bonchev–Trinajstić information content (AvgIpc) is 3.05. The molecule has 1 aliphatic heterocycles. The molecule has 7 N–H and O–H groups in total. The second kappa shape index (κ2) is 20.3. The molecule has 274 valence electrons. The van der Waals surface area contributed by atoms with Crippen molar-refractivity contribution >= 4 is 35.5 Å². The quantitative estimate of drug-likeness (QED) is 0.143. The van der Waals surface area contributed by atoms with Crippen molar-refractivity contribution in [2.75, 3.05) is 20.1 Å². The Morgan fingerprint density at radius 1 is 0.896 bits per heavy atom. The molecule has 0 radical (unpaired) electrons. The van der Waals surface area contributed by atoms with Crippen molar-refractivity contribution in [3.05, 3.63) is 0 Å². The van der Waals surface area contributed by atoms with Crippen LogP contribution in [0, 0.1) is 17.8 Å². The second-order valence-electron chi connectivity index (χ2n) is 13.9. The third-order valence-electron chi connectivity index (χ3n) is 9.42.